The molecule has 1 aromatic rings. The van der Waals surface area contributed by atoms with Crippen molar-refractivity contribution in [2.45, 2.75) is 50.7 Å². The zero-order valence-electron chi connectivity index (χ0n) is 12.8. The maximum absolute atomic E-state index is 12.1. The van der Waals surface area contributed by atoms with Gasteiger partial charge in [-0.3, -0.25) is 10.1 Å². The maximum Gasteiger partial charge on any atom is 0.242 e. The molecule has 0 heterocycles. The van der Waals surface area contributed by atoms with E-state index in [2.05, 4.69) is 5.32 Å². The molecule has 1 unspecified atom stereocenters. The van der Waals surface area contributed by atoms with Crippen LogP contribution in [0.2, 0.25) is 0 Å². The molecule has 0 aromatic heterocycles. The first-order chi connectivity index (χ1) is 10.2. The minimum absolute atomic E-state index is 0.342. The summed E-state index contributed by atoms with van der Waals surface area (Å²) in [6, 6.07) is 9.70. The Bertz CT molecular complexity index is 443. The van der Waals surface area contributed by atoms with Gasteiger partial charge in [-0.25, -0.2) is 0 Å². The van der Waals surface area contributed by atoms with E-state index in [0.29, 0.717) is 25.7 Å². The van der Waals surface area contributed by atoms with E-state index in [1.807, 2.05) is 37.3 Å². The van der Waals surface area contributed by atoms with Crippen molar-refractivity contribution in [2.24, 2.45) is 5.73 Å². The number of carbonyl (C=O) groups is 1. The van der Waals surface area contributed by atoms with Gasteiger partial charge >= 0.3 is 0 Å². The van der Waals surface area contributed by atoms with Crippen molar-refractivity contribution in [3.05, 3.63) is 35.9 Å². The SMILES string of the molecule is CCNC(CCOC1CCCC1)(C(N)=O)c1ccccc1. The van der Waals surface area contributed by atoms with E-state index < -0.39 is 5.54 Å². The van der Waals surface area contributed by atoms with Crippen molar-refractivity contribution < 1.29 is 9.53 Å². The second kappa shape index (κ2) is 7.57. The van der Waals surface area contributed by atoms with Gasteiger partial charge in [0, 0.05) is 13.0 Å². The summed E-state index contributed by atoms with van der Waals surface area (Å²) in [5, 5.41) is 3.28. The summed E-state index contributed by atoms with van der Waals surface area (Å²) in [6.45, 7) is 3.22. The van der Waals surface area contributed by atoms with Crippen LogP contribution in [0.3, 0.4) is 0 Å². The standard InChI is InChI=1S/C17H26N2O2/c1-2-19-17(16(18)20,14-8-4-3-5-9-14)12-13-21-15-10-6-7-11-15/h3-5,8-9,15,19H,2,6-7,10-13H2,1H3,(H2,18,20). The third kappa shape index (κ3) is 3.83. The van der Waals surface area contributed by atoms with Crippen molar-refractivity contribution in [3.8, 4) is 0 Å². The minimum atomic E-state index is -0.839. The van der Waals surface area contributed by atoms with Gasteiger partial charge in [0.25, 0.3) is 0 Å². The molecule has 0 aliphatic heterocycles. The van der Waals surface area contributed by atoms with Gasteiger partial charge in [0.05, 0.1) is 6.10 Å². The molecule has 116 valence electrons. The van der Waals surface area contributed by atoms with Crippen LogP contribution in [0.15, 0.2) is 30.3 Å². The van der Waals surface area contributed by atoms with Gasteiger partial charge < -0.3 is 10.5 Å². The largest absolute Gasteiger partial charge is 0.378 e. The molecule has 0 bridgehead atoms. The predicted molar refractivity (Wildman–Crippen MR) is 83.8 cm³/mol. The van der Waals surface area contributed by atoms with E-state index in [-0.39, 0.29) is 5.91 Å². The zero-order valence-corrected chi connectivity index (χ0v) is 12.8. The van der Waals surface area contributed by atoms with Crippen molar-refractivity contribution >= 4 is 5.91 Å². The summed E-state index contributed by atoms with van der Waals surface area (Å²) < 4.78 is 5.93. The Labute approximate surface area is 127 Å². The van der Waals surface area contributed by atoms with Gasteiger partial charge in [0.2, 0.25) is 5.91 Å². The Morgan fingerprint density at radius 2 is 2.00 bits per heavy atom. The highest BCUT2D eigenvalue weighted by Gasteiger charge is 2.37. The molecule has 1 amide bonds. The Kier molecular flexibility index (Phi) is 5.76. The number of likely N-dealkylation sites (N-methyl/N-ethyl adjacent to an activating group) is 1. The first-order valence-corrected chi connectivity index (χ1v) is 7.91. The number of benzene rings is 1. The Morgan fingerprint density at radius 3 is 2.57 bits per heavy atom. The fourth-order valence-corrected chi connectivity index (χ4v) is 3.15. The minimum Gasteiger partial charge on any atom is -0.378 e. The highest BCUT2D eigenvalue weighted by Crippen LogP contribution is 2.27. The van der Waals surface area contributed by atoms with E-state index in [9.17, 15) is 4.79 Å². The first kappa shape index (κ1) is 16.0. The molecule has 0 spiro atoms. The summed E-state index contributed by atoms with van der Waals surface area (Å²) in [4.78, 5) is 12.1. The fourth-order valence-electron chi connectivity index (χ4n) is 3.15. The molecule has 1 fully saturated rings. The number of amides is 1. The molecule has 1 aliphatic rings. The highest BCUT2D eigenvalue weighted by atomic mass is 16.5. The summed E-state index contributed by atoms with van der Waals surface area (Å²) in [5.41, 5.74) is 5.80. The summed E-state index contributed by atoms with van der Waals surface area (Å²) in [7, 11) is 0. The van der Waals surface area contributed by atoms with Gasteiger partial charge in [-0.15, -0.1) is 0 Å². The van der Waals surface area contributed by atoms with Crippen LogP contribution < -0.4 is 11.1 Å². The van der Waals surface area contributed by atoms with Crippen LogP contribution in [0.25, 0.3) is 0 Å². The van der Waals surface area contributed by atoms with Gasteiger partial charge in [-0.2, -0.15) is 0 Å². The lowest BCUT2D eigenvalue weighted by molar-refractivity contribution is -0.126. The van der Waals surface area contributed by atoms with Crippen LogP contribution in [0.1, 0.15) is 44.6 Å². The maximum atomic E-state index is 12.1. The quantitative estimate of drug-likeness (QED) is 0.772. The number of primary amides is 1. The molecule has 1 aliphatic carbocycles. The van der Waals surface area contributed by atoms with Gasteiger partial charge in [-0.05, 0) is 24.9 Å². The summed E-state index contributed by atoms with van der Waals surface area (Å²) >= 11 is 0. The van der Waals surface area contributed by atoms with Crippen LogP contribution in [-0.4, -0.2) is 25.2 Å². The van der Waals surface area contributed by atoms with E-state index in [4.69, 9.17) is 10.5 Å². The van der Waals surface area contributed by atoms with Gasteiger partial charge in [-0.1, -0.05) is 50.1 Å². The van der Waals surface area contributed by atoms with Gasteiger partial charge in [0.15, 0.2) is 0 Å². The predicted octanol–water partition coefficient (Wildman–Crippen LogP) is 2.33. The molecular formula is C17H26N2O2. The Balaban J connectivity index is 2.09. The number of hydrogen-bond donors (Lipinski definition) is 2. The molecule has 2 rings (SSSR count). The molecule has 1 aromatic carbocycles. The number of rotatable bonds is 8. The molecular weight excluding hydrogens is 264 g/mol. The molecule has 1 atom stereocenters. The smallest absolute Gasteiger partial charge is 0.242 e. The molecule has 1 saturated carbocycles. The second-order valence-electron chi connectivity index (χ2n) is 5.69. The number of nitrogens with two attached hydrogens (primary N) is 1. The fraction of sp³-hybridized carbons (Fsp3) is 0.588. The highest BCUT2D eigenvalue weighted by molar-refractivity contribution is 5.86. The van der Waals surface area contributed by atoms with Crippen molar-refractivity contribution in [1.82, 2.24) is 5.32 Å². The molecule has 3 N–H and O–H groups in total. The molecule has 21 heavy (non-hydrogen) atoms. The number of nitrogens with one attached hydrogen (secondary N) is 1. The zero-order chi connectivity index (χ0) is 15.1. The topological polar surface area (TPSA) is 64.3 Å². The number of ether oxygens (including phenoxy) is 1. The average molecular weight is 290 g/mol. The van der Waals surface area contributed by atoms with E-state index in [1.54, 1.807) is 0 Å². The van der Waals surface area contributed by atoms with Crippen molar-refractivity contribution in [1.29, 1.82) is 0 Å². The molecule has 0 radical (unpaired) electrons. The van der Waals surface area contributed by atoms with Crippen molar-refractivity contribution in [2.75, 3.05) is 13.2 Å². The van der Waals surface area contributed by atoms with Crippen LogP contribution >= 0.6 is 0 Å². The monoisotopic (exact) mass is 290 g/mol. The van der Waals surface area contributed by atoms with Crippen LogP contribution in [0.5, 0.6) is 0 Å². The Hall–Kier alpha value is -1.39. The lowest BCUT2D eigenvalue weighted by Crippen LogP contribution is -2.53. The van der Waals surface area contributed by atoms with E-state index in [0.717, 1.165) is 18.4 Å². The lowest BCUT2D eigenvalue weighted by atomic mass is 9.86. The van der Waals surface area contributed by atoms with Crippen LogP contribution in [0.4, 0.5) is 0 Å². The lowest BCUT2D eigenvalue weighted by Gasteiger charge is -2.32. The van der Waals surface area contributed by atoms with Crippen molar-refractivity contribution in [3.63, 3.8) is 0 Å². The third-order valence-electron chi connectivity index (χ3n) is 4.30. The van der Waals surface area contributed by atoms with Crippen LogP contribution in [0, 0.1) is 0 Å². The first-order valence-electron chi connectivity index (χ1n) is 7.91. The molecule has 4 heteroatoms. The van der Waals surface area contributed by atoms with Gasteiger partial charge in [0.1, 0.15) is 5.54 Å². The number of carbonyl (C=O) groups excluding carboxylic acids is 1. The Morgan fingerprint density at radius 1 is 1.33 bits per heavy atom. The average Bonchev–Trinajstić information content (AvgIpc) is 3.00. The normalized spacial score (nSPS) is 18.5. The summed E-state index contributed by atoms with van der Waals surface area (Å²) in [5.74, 6) is -0.342. The third-order valence-corrected chi connectivity index (χ3v) is 4.30. The molecule has 4 nitrogen and oxygen atoms in total. The van der Waals surface area contributed by atoms with Crippen LogP contribution in [-0.2, 0) is 15.1 Å². The molecule has 0 saturated heterocycles. The summed E-state index contributed by atoms with van der Waals surface area (Å²) in [6.07, 6.45) is 5.69. The second-order valence-corrected chi connectivity index (χ2v) is 5.69. The van der Waals surface area contributed by atoms with E-state index >= 15 is 0 Å². The number of hydrogen-bond acceptors (Lipinski definition) is 3. The van der Waals surface area contributed by atoms with E-state index in [1.165, 1.54) is 12.8 Å².